The minimum atomic E-state index is -0.640. The number of nitrogens with one attached hydrogen (secondary N) is 1. The summed E-state index contributed by atoms with van der Waals surface area (Å²) in [7, 11) is 0. The minimum Gasteiger partial charge on any atom is -0.506 e. The Bertz CT molecular complexity index is 763. The Hall–Kier alpha value is -2.89. The molecule has 120 valence electrons. The fraction of sp³-hybridized carbons (Fsp3) is 0.235. The lowest BCUT2D eigenvalue weighted by molar-refractivity contribution is -0.385. The van der Waals surface area contributed by atoms with Crippen LogP contribution in [0.2, 0.25) is 0 Å². The number of benzene rings is 2. The van der Waals surface area contributed by atoms with Crippen molar-refractivity contribution in [2.75, 3.05) is 5.32 Å². The fourth-order valence-corrected chi connectivity index (χ4v) is 2.12. The predicted octanol–water partition coefficient (Wildman–Crippen LogP) is 3.85. The number of phenols is 1. The SMILES string of the molecule is CC(C)(C)c1ccc(O)c(NC(=O)c2ccccc2[N+](=O)[O-])c1. The maximum Gasteiger partial charge on any atom is 0.282 e. The van der Waals surface area contributed by atoms with E-state index in [1.165, 1.54) is 24.3 Å². The fourth-order valence-electron chi connectivity index (χ4n) is 2.12. The van der Waals surface area contributed by atoms with Crippen molar-refractivity contribution in [1.82, 2.24) is 0 Å². The molecule has 0 fully saturated rings. The molecule has 0 aliphatic rings. The molecule has 2 N–H and O–H groups in total. The molecule has 0 bridgehead atoms. The zero-order valence-electron chi connectivity index (χ0n) is 13.2. The largest absolute Gasteiger partial charge is 0.506 e. The van der Waals surface area contributed by atoms with Crippen LogP contribution in [0.25, 0.3) is 0 Å². The van der Waals surface area contributed by atoms with E-state index in [1.54, 1.807) is 18.2 Å². The Morgan fingerprint density at radius 2 is 1.83 bits per heavy atom. The average Bonchev–Trinajstić information content (AvgIpc) is 2.48. The normalized spacial score (nSPS) is 11.1. The molecule has 2 aromatic carbocycles. The van der Waals surface area contributed by atoms with Gasteiger partial charge in [-0.1, -0.05) is 39.0 Å². The van der Waals surface area contributed by atoms with Crippen LogP contribution in [0, 0.1) is 10.1 Å². The topological polar surface area (TPSA) is 92.5 Å². The molecule has 0 atom stereocenters. The maximum atomic E-state index is 12.3. The Morgan fingerprint density at radius 1 is 1.17 bits per heavy atom. The third-order valence-electron chi connectivity index (χ3n) is 3.46. The van der Waals surface area contributed by atoms with Crippen molar-refractivity contribution in [3.8, 4) is 5.75 Å². The summed E-state index contributed by atoms with van der Waals surface area (Å²) in [5.74, 6) is -0.733. The molecule has 0 saturated heterocycles. The number of carbonyl (C=O) groups is 1. The van der Waals surface area contributed by atoms with Crippen molar-refractivity contribution in [3.05, 3.63) is 63.7 Å². The van der Waals surface area contributed by atoms with Crippen LogP contribution < -0.4 is 5.32 Å². The van der Waals surface area contributed by atoms with Crippen LogP contribution >= 0.6 is 0 Å². The molecule has 0 aliphatic heterocycles. The van der Waals surface area contributed by atoms with Gasteiger partial charge in [-0.3, -0.25) is 14.9 Å². The van der Waals surface area contributed by atoms with Gasteiger partial charge in [0.05, 0.1) is 10.6 Å². The van der Waals surface area contributed by atoms with Gasteiger partial charge in [-0.15, -0.1) is 0 Å². The van der Waals surface area contributed by atoms with Crippen molar-refractivity contribution in [2.24, 2.45) is 0 Å². The molecular weight excluding hydrogens is 296 g/mol. The Morgan fingerprint density at radius 3 is 2.43 bits per heavy atom. The van der Waals surface area contributed by atoms with Crippen LogP contribution in [0.5, 0.6) is 5.75 Å². The first kappa shape index (κ1) is 16.5. The number of phenolic OH excluding ortho intramolecular Hbond substituents is 1. The van der Waals surface area contributed by atoms with Crippen molar-refractivity contribution < 1.29 is 14.8 Å². The zero-order chi connectivity index (χ0) is 17.2. The monoisotopic (exact) mass is 314 g/mol. The molecule has 0 aromatic heterocycles. The third kappa shape index (κ3) is 3.66. The summed E-state index contributed by atoms with van der Waals surface area (Å²) in [6.07, 6.45) is 0. The van der Waals surface area contributed by atoms with Crippen molar-refractivity contribution in [1.29, 1.82) is 0 Å². The Kier molecular flexibility index (Phi) is 4.36. The first-order valence-electron chi connectivity index (χ1n) is 7.08. The number of hydrogen-bond acceptors (Lipinski definition) is 4. The number of nitrogens with zero attached hydrogens (tertiary/aromatic N) is 1. The van der Waals surface area contributed by atoms with Crippen LogP contribution in [-0.2, 0) is 5.41 Å². The lowest BCUT2D eigenvalue weighted by Gasteiger charge is -2.20. The number of carbonyl (C=O) groups excluding carboxylic acids is 1. The van der Waals surface area contributed by atoms with Gasteiger partial charge in [0.1, 0.15) is 11.3 Å². The summed E-state index contributed by atoms with van der Waals surface area (Å²) in [5, 5.41) is 23.5. The summed E-state index contributed by atoms with van der Waals surface area (Å²) in [4.78, 5) is 22.7. The number of amides is 1. The van der Waals surface area contributed by atoms with E-state index >= 15 is 0 Å². The molecule has 2 rings (SSSR count). The lowest BCUT2D eigenvalue weighted by atomic mass is 9.87. The molecule has 23 heavy (non-hydrogen) atoms. The summed E-state index contributed by atoms with van der Waals surface area (Å²) < 4.78 is 0. The van der Waals surface area contributed by atoms with Crippen molar-refractivity contribution in [3.63, 3.8) is 0 Å². The number of nitro groups is 1. The molecule has 0 radical (unpaired) electrons. The number of para-hydroxylation sites is 1. The highest BCUT2D eigenvalue weighted by atomic mass is 16.6. The zero-order valence-corrected chi connectivity index (χ0v) is 13.2. The highest BCUT2D eigenvalue weighted by molar-refractivity contribution is 6.07. The molecule has 1 amide bonds. The van der Waals surface area contributed by atoms with E-state index in [9.17, 15) is 20.0 Å². The first-order chi connectivity index (χ1) is 10.7. The molecule has 0 unspecified atom stereocenters. The number of hydrogen-bond donors (Lipinski definition) is 2. The van der Waals surface area contributed by atoms with Crippen molar-refractivity contribution >= 4 is 17.3 Å². The van der Waals surface area contributed by atoms with Gasteiger partial charge < -0.3 is 10.4 Å². The smallest absolute Gasteiger partial charge is 0.282 e. The Balaban J connectivity index is 2.36. The van der Waals surface area contributed by atoms with E-state index in [0.717, 1.165) is 5.56 Å². The summed E-state index contributed by atoms with van der Waals surface area (Å²) in [6.45, 7) is 6.02. The molecule has 0 aliphatic carbocycles. The van der Waals surface area contributed by atoms with Gasteiger partial charge in [0.15, 0.2) is 0 Å². The number of aromatic hydroxyl groups is 1. The first-order valence-corrected chi connectivity index (χ1v) is 7.08. The second-order valence-electron chi connectivity index (χ2n) is 6.21. The molecular formula is C17H18N2O4. The number of anilines is 1. The molecule has 0 saturated carbocycles. The van der Waals surface area contributed by atoms with E-state index < -0.39 is 10.8 Å². The Labute approximate surface area is 133 Å². The van der Waals surface area contributed by atoms with Gasteiger partial charge >= 0.3 is 0 Å². The minimum absolute atomic E-state index is 0.0574. The molecule has 0 heterocycles. The summed E-state index contributed by atoms with van der Waals surface area (Å²) in [5.41, 5.74) is 0.648. The second kappa shape index (κ2) is 6.08. The lowest BCUT2D eigenvalue weighted by Crippen LogP contribution is -2.16. The van der Waals surface area contributed by atoms with Crippen LogP contribution in [0.15, 0.2) is 42.5 Å². The van der Waals surface area contributed by atoms with Crippen LogP contribution in [0.3, 0.4) is 0 Å². The average molecular weight is 314 g/mol. The number of rotatable bonds is 3. The standard InChI is InChI=1S/C17H18N2O4/c1-17(2,3)11-8-9-15(20)13(10-11)18-16(21)12-6-4-5-7-14(12)19(22)23/h4-10,20H,1-3H3,(H,18,21). The molecule has 6 nitrogen and oxygen atoms in total. The van der Waals surface area contributed by atoms with Crippen LogP contribution in [-0.4, -0.2) is 15.9 Å². The molecule has 0 spiro atoms. The highest BCUT2D eigenvalue weighted by Gasteiger charge is 2.21. The van der Waals surface area contributed by atoms with Gasteiger partial charge in [-0.2, -0.15) is 0 Å². The highest BCUT2D eigenvalue weighted by Crippen LogP contribution is 2.31. The second-order valence-corrected chi connectivity index (χ2v) is 6.21. The summed E-state index contributed by atoms with van der Waals surface area (Å²) >= 11 is 0. The maximum absolute atomic E-state index is 12.3. The van der Waals surface area contributed by atoms with E-state index in [4.69, 9.17) is 0 Å². The van der Waals surface area contributed by atoms with Crippen LogP contribution in [0.1, 0.15) is 36.7 Å². The van der Waals surface area contributed by atoms with E-state index in [2.05, 4.69) is 5.32 Å². The van der Waals surface area contributed by atoms with Gasteiger partial charge in [0.25, 0.3) is 11.6 Å². The molecule has 2 aromatic rings. The van der Waals surface area contributed by atoms with Crippen molar-refractivity contribution in [2.45, 2.75) is 26.2 Å². The quantitative estimate of drug-likeness (QED) is 0.511. The van der Waals surface area contributed by atoms with E-state index in [1.807, 2.05) is 20.8 Å². The van der Waals surface area contributed by atoms with Gasteiger partial charge in [0.2, 0.25) is 0 Å². The molecule has 6 heteroatoms. The van der Waals surface area contributed by atoms with E-state index in [0.29, 0.717) is 0 Å². The predicted molar refractivity (Wildman–Crippen MR) is 87.9 cm³/mol. The third-order valence-corrected chi connectivity index (χ3v) is 3.46. The summed E-state index contributed by atoms with van der Waals surface area (Å²) in [6, 6.07) is 10.6. The van der Waals surface area contributed by atoms with Gasteiger partial charge in [-0.05, 0) is 29.2 Å². The van der Waals surface area contributed by atoms with E-state index in [-0.39, 0.29) is 28.1 Å². The van der Waals surface area contributed by atoms with Gasteiger partial charge in [0, 0.05) is 6.07 Å². The van der Waals surface area contributed by atoms with Crippen LogP contribution in [0.4, 0.5) is 11.4 Å². The van der Waals surface area contributed by atoms with Gasteiger partial charge in [-0.25, -0.2) is 0 Å². The number of nitro benzene ring substituents is 1.